The summed E-state index contributed by atoms with van der Waals surface area (Å²) >= 11 is 3.03. The lowest BCUT2D eigenvalue weighted by Gasteiger charge is -2.32. The Morgan fingerprint density at radius 2 is 1.53 bits per heavy atom. The Bertz CT molecular complexity index is 1240. The van der Waals surface area contributed by atoms with Crippen molar-refractivity contribution in [2.75, 3.05) is 18.4 Å². The zero-order valence-corrected chi connectivity index (χ0v) is 21.8. The first-order valence-corrected chi connectivity index (χ1v) is 14.2. The van der Waals surface area contributed by atoms with E-state index >= 15 is 0 Å². The minimum absolute atomic E-state index is 0.154. The van der Waals surface area contributed by atoms with Crippen molar-refractivity contribution in [3.8, 4) is 0 Å². The standard InChI is InChI=1S/C29H30N4OS2/c34-27(30-28-31-32-29(36-28)35-21-25-9-5-2-6-10-25)26-13-11-24(12-14-26)20-33-17-15-23(16-18-33)19-22-7-3-1-4-8-22/h1-14,23H,15-21H2,(H,30,31,34). The summed E-state index contributed by atoms with van der Waals surface area (Å²) in [6.45, 7) is 3.18. The Hall–Kier alpha value is -3.00. The van der Waals surface area contributed by atoms with E-state index < -0.39 is 0 Å². The van der Waals surface area contributed by atoms with Gasteiger partial charge in [0.1, 0.15) is 0 Å². The first-order valence-electron chi connectivity index (χ1n) is 12.4. The lowest BCUT2D eigenvalue weighted by molar-refractivity contribution is 0.102. The lowest BCUT2D eigenvalue weighted by atomic mass is 9.90. The molecule has 36 heavy (non-hydrogen) atoms. The Labute approximate surface area is 221 Å². The maximum atomic E-state index is 12.7. The number of nitrogens with zero attached hydrogens (tertiary/aromatic N) is 3. The van der Waals surface area contributed by atoms with E-state index in [4.69, 9.17) is 0 Å². The van der Waals surface area contributed by atoms with E-state index in [1.807, 2.05) is 30.3 Å². The van der Waals surface area contributed by atoms with Crippen molar-refractivity contribution in [1.82, 2.24) is 15.1 Å². The van der Waals surface area contributed by atoms with E-state index in [0.29, 0.717) is 10.7 Å². The second kappa shape index (κ2) is 12.3. The van der Waals surface area contributed by atoms with Crippen LogP contribution in [0, 0.1) is 5.92 Å². The predicted octanol–water partition coefficient (Wildman–Crippen LogP) is 6.54. The highest BCUT2D eigenvalue weighted by atomic mass is 32.2. The summed E-state index contributed by atoms with van der Waals surface area (Å²) in [5, 5.41) is 11.7. The summed E-state index contributed by atoms with van der Waals surface area (Å²) < 4.78 is 0.844. The predicted molar refractivity (Wildman–Crippen MR) is 148 cm³/mol. The van der Waals surface area contributed by atoms with Gasteiger partial charge in [0.2, 0.25) is 5.13 Å². The molecule has 0 radical (unpaired) electrons. The van der Waals surface area contributed by atoms with E-state index in [1.165, 1.54) is 47.3 Å². The summed E-state index contributed by atoms with van der Waals surface area (Å²) in [6.07, 6.45) is 3.66. The SMILES string of the molecule is O=C(Nc1nnc(SCc2ccccc2)s1)c1ccc(CN2CCC(Cc3ccccc3)CC2)cc1. The number of carbonyl (C=O) groups excluding carboxylic acids is 1. The van der Waals surface area contributed by atoms with Crippen molar-refractivity contribution in [3.05, 3.63) is 107 Å². The molecule has 0 aliphatic carbocycles. The van der Waals surface area contributed by atoms with Crippen LogP contribution in [-0.4, -0.2) is 34.1 Å². The first kappa shape index (κ1) is 24.7. The molecule has 0 unspecified atom stereocenters. The third-order valence-electron chi connectivity index (χ3n) is 6.53. The number of hydrogen-bond donors (Lipinski definition) is 1. The Morgan fingerprint density at radius 1 is 0.861 bits per heavy atom. The van der Waals surface area contributed by atoms with Crippen LogP contribution in [0.25, 0.3) is 0 Å². The molecular formula is C29H30N4OS2. The molecule has 2 heterocycles. The first-order chi connectivity index (χ1) is 17.7. The van der Waals surface area contributed by atoms with Crippen molar-refractivity contribution >= 4 is 34.1 Å². The zero-order valence-electron chi connectivity index (χ0n) is 20.2. The summed E-state index contributed by atoms with van der Waals surface area (Å²) in [7, 11) is 0. The number of rotatable bonds is 9. The van der Waals surface area contributed by atoms with E-state index in [9.17, 15) is 4.79 Å². The van der Waals surface area contributed by atoms with Crippen LogP contribution in [0.15, 0.2) is 89.3 Å². The van der Waals surface area contributed by atoms with Crippen LogP contribution < -0.4 is 5.32 Å². The van der Waals surface area contributed by atoms with Gasteiger partial charge in [0, 0.05) is 17.9 Å². The number of amides is 1. The molecule has 5 nitrogen and oxygen atoms in total. The molecule has 1 aliphatic heterocycles. The average Bonchev–Trinajstić information content (AvgIpc) is 3.37. The number of anilines is 1. The number of carbonyl (C=O) groups is 1. The topological polar surface area (TPSA) is 58.1 Å². The number of piperidine rings is 1. The molecule has 1 aromatic heterocycles. The third-order valence-corrected chi connectivity index (χ3v) is 8.57. The quantitative estimate of drug-likeness (QED) is 0.203. The zero-order chi connectivity index (χ0) is 24.6. The fourth-order valence-corrected chi connectivity index (χ4v) is 6.23. The van der Waals surface area contributed by atoms with Crippen LogP contribution in [0.2, 0.25) is 0 Å². The highest BCUT2D eigenvalue weighted by molar-refractivity contribution is 8.00. The molecular weight excluding hydrogens is 484 g/mol. The van der Waals surface area contributed by atoms with Crippen LogP contribution in [0.4, 0.5) is 5.13 Å². The number of likely N-dealkylation sites (tertiary alicyclic amines) is 1. The van der Waals surface area contributed by atoms with Crippen molar-refractivity contribution < 1.29 is 4.79 Å². The van der Waals surface area contributed by atoms with Gasteiger partial charge in [-0.15, -0.1) is 10.2 Å². The normalized spacial score (nSPS) is 14.6. The minimum Gasteiger partial charge on any atom is -0.299 e. The summed E-state index contributed by atoms with van der Waals surface area (Å²) in [4.78, 5) is 15.2. The molecule has 1 amide bonds. The molecule has 7 heteroatoms. The molecule has 1 aliphatic rings. The lowest BCUT2D eigenvalue weighted by Crippen LogP contribution is -2.33. The molecule has 0 saturated carbocycles. The molecule has 1 fully saturated rings. The van der Waals surface area contributed by atoms with E-state index in [1.54, 1.807) is 11.8 Å². The number of nitrogens with one attached hydrogen (secondary N) is 1. The van der Waals surface area contributed by atoms with Gasteiger partial charge in [-0.1, -0.05) is 95.9 Å². The molecule has 3 aromatic carbocycles. The molecule has 5 rings (SSSR count). The van der Waals surface area contributed by atoms with Crippen molar-refractivity contribution in [2.24, 2.45) is 5.92 Å². The van der Waals surface area contributed by atoms with Gasteiger partial charge in [0.05, 0.1) is 0 Å². The number of benzene rings is 3. The van der Waals surface area contributed by atoms with Crippen LogP contribution in [0.5, 0.6) is 0 Å². The van der Waals surface area contributed by atoms with Gasteiger partial charge < -0.3 is 0 Å². The number of aromatic nitrogens is 2. The summed E-state index contributed by atoms with van der Waals surface area (Å²) in [5.74, 6) is 1.45. The molecule has 0 spiro atoms. The molecule has 4 aromatic rings. The average molecular weight is 515 g/mol. The fraction of sp³-hybridized carbons (Fsp3) is 0.276. The van der Waals surface area contributed by atoms with Gasteiger partial charge in [-0.25, -0.2) is 0 Å². The number of thioether (sulfide) groups is 1. The van der Waals surface area contributed by atoms with Gasteiger partial charge in [0.15, 0.2) is 4.34 Å². The van der Waals surface area contributed by atoms with E-state index in [0.717, 1.165) is 35.6 Å². The number of hydrogen-bond acceptors (Lipinski definition) is 6. The van der Waals surface area contributed by atoms with Gasteiger partial charge >= 0.3 is 0 Å². The van der Waals surface area contributed by atoms with Crippen molar-refractivity contribution in [2.45, 2.75) is 35.9 Å². The maximum Gasteiger partial charge on any atom is 0.257 e. The summed E-state index contributed by atoms with van der Waals surface area (Å²) in [6, 6.07) is 29.0. The van der Waals surface area contributed by atoms with Crippen LogP contribution in [-0.2, 0) is 18.7 Å². The molecule has 0 atom stereocenters. The second-order valence-electron chi connectivity index (χ2n) is 9.21. The monoisotopic (exact) mass is 514 g/mol. The Balaban J connectivity index is 1.07. The van der Waals surface area contributed by atoms with Gasteiger partial charge in [-0.2, -0.15) is 0 Å². The molecule has 1 N–H and O–H groups in total. The molecule has 1 saturated heterocycles. The van der Waals surface area contributed by atoms with Crippen molar-refractivity contribution in [3.63, 3.8) is 0 Å². The van der Waals surface area contributed by atoms with Gasteiger partial charge in [-0.05, 0) is 67.1 Å². The minimum atomic E-state index is -0.154. The van der Waals surface area contributed by atoms with Crippen LogP contribution in [0.3, 0.4) is 0 Å². The maximum absolute atomic E-state index is 12.7. The van der Waals surface area contributed by atoms with E-state index in [-0.39, 0.29) is 5.91 Å². The van der Waals surface area contributed by atoms with E-state index in [2.05, 4.69) is 75.0 Å². The van der Waals surface area contributed by atoms with Gasteiger partial charge in [0.25, 0.3) is 5.91 Å². The Morgan fingerprint density at radius 3 is 2.22 bits per heavy atom. The highest BCUT2D eigenvalue weighted by Crippen LogP contribution is 2.28. The Kier molecular flexibility index (Phi) is 8.43. The second-order valence-corrected chi connectivity index (χ2v) is 11.4. The van der Waals surface area contributed by atoms with Crippen LogP contribution in [0.1, 0.15) is 39.9 Å². The summed E-state index contributed by atoms with van der Waals surface area (Å²) in [5.41, 5.74) is 4.55. The smallest absolute Gasteiger partial charge is 0.257 e. The van der Waals surface area contributed by atoms with Crippen molar-refractivity contribution in [1.29, 1.82) is 0 Å². The largest absolute Gasteiger partial charge is 0.299 e. The molecule has 0 bridgehead atoms. The third kappa shape index (κ3) is 7.03. The van der Waals surface area contributed by atoms with Gasteiger partial charge in [-0.3, -0.25) is 15.0 Å². The highest BCUT2D eigenvalue weighted by Gasteiger charge is 2.19. The van der Waals surface area contributed by atoms with Crippen LogP contribution >= 0.6 is 23.1 Å². The molecule has 184 valence electrons. The fourth-order valence-electron chi connectivity index (χ4n) is 4.52.